The molecule has 0 aliphatic carbocycles. The van der Waals surface area contributed by atoms with Crippen molar-refractivity contribution in [3.63, 3.8) is 0 Å². The first-order valence-corrected chi connectivity index (χ1v) is 8.77. The highest BCUT2D eigenvalue weighted by Gasteiger charge is 2.16. The summed E-state index contributed by atoms with van der Waals surface area (Å²) in [7, 11) is 0. The Morgan fingerprint density at radius 2 is 1.41 bits per heavy atom. The third-order valence-electron chi connectivity index (χ3n) is 4.22. The molecule has 1 amide bonds. The zero-order valence-electron chi connectivity index (χ0n) is 15.3. The quantitative estimate of drug-likeness (QED) is 0.653. The minimum Gasteiger partial charge on any atom is -0.481 e. The van der Waals surface area contributed by atoms with Crippen molar-refractivity contribution < 1.29 is 14.3 Å². The van der Waals surface area contributed by atoms with Crippen molar-refractivity contribution in [2.75, 3.05) is 5.32 Å². The Morgan fingerprint density at radius 3 is 2.07 bits per heavy atom. The van der Waals surface area contributed by atoms with Gasteiger partial charge in [-0.1, -0.05) is 48.5 Å². The first-order chi connectivity index (χ1) is 13.0. The van der Waals surface area contributed by atoms with Gasteiger partial charge in [-0.25, -0.2) is 0 Å². The molecule has 0 aliphatic rings. The number of ketones is 1. The molecule has 136 valence electrons. The van der Waals surface area contributed by atoms with E-state index in [-0.39, 0.29) is 11.7 Å². The summed E-state index contributed by atoms with van der Waals surface area (Å²) in [6.45, 7) is 3.64. The molecule has 4 heteroatoms. The van der Waals surface area contributed by atoms with E-state index in [1.54, 1.807) is 43.3 Å². The molecule has 4 nitrogen and oxygen atoms in total. The van der Waals surface area contributed by atoms with E-state index < -0.39 is 6.10 Å². The number of hydrogen-bond acceptors (Lipinski definition) is 3. The van der Waals surface area contributed by atoms with Crippen molar-refractivity contribution in [1.82, 2.24) is 0 Å². The van der Waals surface area contributed by atoms with Crippen LogP contribution in [-0.2, 0) is 4.79 Å². The van der Waals surface area contributed by atoms with E-state index in [1.165, 1.54) is 0 Å². The Bertz CT molecular complexity index is 933. The van der Waals surface area contributed by atoms with E-state index in [9.17, 15) is 9.59 Å². The molecule has 0 heterocycles. The number of amides is 1. The third-order valence-corrected chi connectivity index (χ3v) is 4.22. The molecule has 0 saturated heterocycles. The highest BCUT2D eigenvalue weighted by atomic mass is 16.5. The number of aryl methyl sites for hydroxylation is 1. The molecule has 0 saturated carbocycles. The van der Waals surface area contributed by atoms with Gasteiger partial charge in [-0.05, 0) is 49.7 Å². The van der Waals surface area contributed by atoms with Crippen molar-refractivity contribution in [2.45, 2.75) is 20.0 Å². The Hall–Kier alpha value is -3.40. The van der Waals surface area contributed by atoms with E-state index in [0.29, 0.717) is 22.6 Å². The molecule has 0 bridgehead atoms. The van der Waals surface area contributed by atoms with Crippen LogP contribution >= 0.6 is 0 Å². The maximum Gasteiger partial charge on any atom is 0.265 e. The van der Waals surface area contributed by atoms with Gasteiger partial charge in [-0.2, -0.15) is 0 Å². The van der Waals surface area contributed by atoms with Crippen LogP contribution in [0.2, 0.25) is 0 Å². The molecular weight excluding hydrogens is 338 g/mol. The largest absolute Gasteiger partial charge is 0.481 e. The maximum absolute atomic E-state index is 12.4. The number of rotatable bonds is 6. The summed E-state index contributed by atoms with van der Waals surface area (Å²) in [5.74, 6) is 0.383. The molecule has 0 radical (unpaired) electrons. The molecule has 3 rings (SSSR count). The van der Waals surface area contributed by atoms with Gasteiger partial charge in [-0.3, -0.25) is 9.59 Å². The molecule has 1 N–H and O–H groups in total. The summed E-state index contributed by atoms with van der Waals surface area (Å²) < 4.78 is 5.73. The van der Waals surface area contributed by atoms with E-state index in [1.807, 2.05) is 49.4 Å². The highest BCUT2D eigenvalue weighted by molar-refractivity contribution is 6.09. The van der Waals surface area contributed by atoms with Crippen LogP contribution in [0.15, 0.2) is 78.9 Å². The average molecular weight is 359 g/mol. The summed E-state index contributed by atoms with van der Waals surface area (Å²) in [6, 6.07) is 23.5. The Labute approximate surface area is 158 Å². The number of nitrogens with one attached hydrogen (secondary N) is 1. The van der Waals surface area contributed by atoms with E-state index in [2.05, 4.69) is 5.32 Å². The fourth-order valence-corrected chi connectivity index (χ4v) is 2.64. The smallest absolute Gasteiger partial charge is 0.265 e. The number of carbonyl (C=O) groups is 2. The van der Waals surface area contributed by atoms with Gasteiger partial charge >= 0.3 is 0 Å². The van der Waals surface area contributed by atoms with E-state index >= 15 is 0 Å². The number of benzene rings is 3. The van der Waals surface area contributed by atoms with Crippen LogP contribution in [0.4, 0.5) is 5.69 Å². The first kappa shape index (κ1) is 18.4. The second-order valence-electron chi connectivity index (χ2n) is 6.29. The van der Waals surface area contributed by atoms with Crippen molar-refractivity contribution >= 4 is 17.4 Å². The number of ether oxygens (including phenoxy) is 1. The fraction of sp³-hybridized carbons (Fsp3) is 0.130. The topological polar surface area (TPSA) is 55.4 Å². The van der Waals surface area contributed by atoms with Crippen LogP contribution in [0, 0.1) is 6.92 Å². The van der Waals surface area contributed by atoms with Crippen molar-refractivity contribution in [1.29, 1.82) is 0 Å². The van der Waals surface area contributed by atoms with Crippen molar-refractivity contribution in [3.8, 4) is 5.75 Å². The predicted octanol–water partition coefficient (Wildman–Crippen LogP) is 4.63. The van der Waals surface area contributed by atoms with E-state index in [0.717, 1.165) is 5.56 Å². The van der Waals surface area contributed by atoms with Crippen molar-refractivity contribution in [3.05, 3.63) is 95.6 Å². The standard InChI is InChI=1S/C23H21NO3/c1-16-8-6-7-11-21(16)27-17(2)23(26)24-20-14-12-19(13-15-20)22(25)18-9-4-3-5-10-18/h3-15,17H,1-2H3,(H,24,26)/t17-/m0/s1. The molecule has 0 aromatic heterocycles. The summed E-state index contributed by atoms with van der Waals surface area (Å²) in [5.41, 5.74) is 2.80. The Balaban J connectivity index is 1.63. The second-order valence-corrected chi connectivity index (χ2v) is 6.29. The maximum atomic E-state index is 12.4. The summed E-state index contributed by atoms with van der Waals surface area (Å²) >= 11 is 0. The number of para-hydroxylation sites is 1. The van der Waals surface area contributed by atoms with Gasteiger partial charge in [0.15, 0.2) is 11.9 Å². The van der Waals surface area contributed by atoms with Gasteiger partial charge in [0.05, 0.1) is 0 Å². The highest BCUT2D eigenvalue weighted by Crippen LogP contribution is 2.19. The first-order valence-electron chi connectivity index (χ1n) is 8.77. The molecule has 3 aromatic rings. The lowest BCUT2D eigenvalue weighted by Crippen LogP contribution is -2.30. The summed E-state index contributed by atoms with van der Waals surface area (Å²) in [4.78, 5) is 24.8. The van der Waals surface area contributed by atoms with Crippen LogP contribution < -0.4 is 10.1 Å². The zero-order valence-corrected chi connectivity index (χ0v) is 15.3. The molecule has 27 heavy (non-hydrogen) atoms. The normalized spacial score (nSPS) is 11.5. The lowest BCUT2D eigenvalue weighted by Gasteiger charge is -2.16. The average Bonchev–Trinajstić information content (AvgIpc) is 2.70. The minimum absolute atomic E-state index is 0.0512. The number of carbonyl (C=O) groups excluding carboxylic acids is 2. The molecule has 3 aromatic carbocycles. The van der Waals surface area contributed by atoms with Gasteiger partial charge in [0, 0.05) is 16.8 Å². The predicted molar refractivity (Wildman–Crippen MR) is 106 cm³/mol. The molecule has 0 fully saturated rings. The van der Waals surface area contributed by atoms with Crippen LogP contribution in [0.25, 0.3) is 0 Å². The van der Waals surface area contributed by atoms with Gasteiger partial charge in [-0.15, -0.1) is 0 Å². The lowest BCUT2D eigenvalue weighted by molar-refractivity contribution is -0.122. The lowest BCUT2D eigenvalue weighted by atomic mass is 10.0. The summed E-state index contributed by atoms with van der Waals surface area (Å²) in [5, 5.41) is 2.81. The molecule has 0 unspecified atom stereocenters. The molecule has 0 spiro atoms. The van der Waals surface area contributed by atoms with Crippen LogP contribution in [0.1, 0.15) is 28.4 Å². The second kappa shape index (κ2) is 8.32. The van der Waals surface area contributed by atoms with Gasteiger partial charge < -0.3 is 10.1 Å². The number of anilines is 1. The molecule has 1 atom stereocenters. The molecule has 0 aliphatic heterocycles. The van der Waals surface area contributed by atoms with Crippen LogP contribution in [0.5, 0.6) is 5.75 Å². The van der Waals surface area contributed by atoms with E-state index in [4.69, 9.17) is 4.74 Å². The van der Waals surface area contributed by atoms with Crippen molar-refractivity contribution in [2.24, 2.45) is 0 Å². The van der Waals surface area contributed by atoms with Crippen LogP contribution in [0.3, 0.4) is 0 Å². The monoisotopic (exact) mass is 359 g/mol. The minimum atomic E-state index is -0.642. The Morgan fingerprint density at radius 1 is 0.815 bits per heavy atom. The summed E-state index contributed by atoms with van der Waals surface area (Å²) in [6.07, 6.45) is -0.642. The fourth-order valence-electron chi connectivity index (χ4n) is 2.64. The SMILES string of the molecule is Cc1ccccc1O[C@@H](C)C(=O)Nc1ccc(C(=O)c2ccccc2)cc1. The third kappa shape index (κ3) is 4.61. The van der Waals surface area contributed by atoms with Crippen LogP contribution in [-0.4, -0.2) is 17.8 Å². The Kier molecular flexibility index (Phi) is 5.67. The number of hydrogen-bond donors (Lipinski definition) is 1. The molecular formula is C23H21NO3. The zero-order chi connectivity index (χ0) is 19.2. The van der Waals surface area contributed by atoms with Gasteiger partial charge in [0.2, 0.25) is 0 Å². The van der Waals surface area contributed by atoms with Gasteiger partial charge in [0.25, 0.3) is 5.91 Å². The van der Waals surface area contributed by atoms with Gasteiger partial charge in [0.1, 0.15) is 5.75 Å².